The van der Waals surface area contributed by atoms with Crippen molar-refractivity contribution in [2.24, 2.45) is 5.92 Å². The maximum Gasteiger partial charge on any atom is 0.471 e. The van der Waals surface area contributed by atoms with Crippen LogP contribution in [0.4, 0.5) is 24.5 Å². The Kier molecular flexibility index (Phi) is 5.12. The predicted molar refractivity (Wildman–Crippen MR) is 92.2 cm³/mol. The van der Waals surface area contributed by atoms with Gasteiger partial charge >= 0.3 is 12.1 Å². The van der Waals surface area contributed by atoms with Crippen LogP contribution in [0.25, 0.3) is 0 Å². The van der Waals surface area contributed by atoms with E-state index >= 15 is 0 Å². The summed E-state index contributed by atoms with van der Waals surface area (Å²) in [6, 6.07) is 5.35. The van der Waals surface area contributed by atoms with Crippen LogP contribution < -0.4 is 10.2 Å². The second-order valence-corrected chi connectivity index (χ2v) is 6.82. The molecule has 0 atom stereocenters. The van der Waals surface area contributed by atoms with E-state index < -0.39 is 18.0 Å². The third-order valence-corrected chi connectivity index (χ3v) is 5.02. The van der Waals surface area contributed by atoms with Crippen molar-refractivity contribution in [3.63, 3.8) is 0 Å². The molecule has 0 radical (unpaired) electrons. The van der Waals surface area contributed by atoms with Gasteiger partial charge in [-0.15, -0.1) is 0 Å². The van der Waals surface area contributed by atoms with Gasteiger partial charge in [-0.25, -0.2) is 0 Å². The number of likely N-dealkylation sites (tertiary alicyclic amines) is 1. The molecule has 3 amide bonds. The van der Waals surface area contributed by atoms with Crippen LogP contribution in [0.5, 0.6) is 0 Å². The Morgan fingerprint density at radius 2 is 1.78 bits per heavy atom. The number of carbonyl (C=O) groups excluding carboxylic acids is 3. The van der Waals surface area contributed by atoms with E-state index in [1.807, 2.05) is 6.07 Å². The molecule has 9 heteroatoms. The molecular formula is C18H20F3N3O3. The standard InChI is InChI=1S/C18H20F3N3O3/c1-11(25)24-9-6-12-2-3-14(10-15(12)24)22-16(26)13-4-7-23(8-5-13)17(27)18(19,20)21/h2-3,10,13H,4-9H2,1H3,(H,22,26). The summed E-state index contributed by atoms with van der Waals surface area (Å²) in [4.78, 5) is 37.7. The number of nitrogens with zero attached hydrogens (tertiary/aromatic N) is 2. The van der Waals surface area contributed by atoms with Crippen molar-refractivity contribution in [3.05, 3.63) is 23.8 Å². The lowest BCUT2D eigenvalue weighted by Gasteiger charge is -2.31. The van der Waals surface area contributed by atoms with Crippen molar-refractivity contribution in [1.29, 1.82) is 0 Å². The summed E-state index contributed by atoms with van der Waals surface area (Å²) in [7, 11) is 0. The van der Waals surface area contributed by atoms with E-state index in [9.17, 15) is 27.6 Å². The Hall–Kier alpha value is -2.58. The summed E-state index contributed by atoms with van der Waals surface area (Å²) in [5.41, 5.74) is 2.34. The molecule has 0 unspecified atom stereocenters. The van der Waals surface area contributed by atoms with Crippen LogP contribution >= 0.6 is 0 Å². The minimum atomic E-state index is -4.89. The summed E-state index contributed by atoms with van der Waals surface area (Å²) in [6.45, 7) is 1.89. The molecule has 1 fully saturated rings. The molecule has 0 aliphatic carbocycles. The monoisotopic (exact) mass is 383 g/mol. The molecule has 1 aromatic carbocycles. The van der Waals surface area contributed by atoms with Crippen molar-refractivity contribution < 1.29 is 27.6 Å². The summed E-state index contributed by atoms with van der Waals surface area (Å²) in [5.74, 6) is -2.68. The van der Waals surface area contributed by atoms with Gasteiger partial charge in [-0.05, 0) is 37.0 Å². The molecule has 0 spiro atoms. The van der Waals surface area contributed by atoms with E-state index in [-0.39, 0.29) is 37.7 Å². The van der Waals surface area contributed by atoms with Crippen molar-refractivity contribution in [3.8, 4) is 0 Å². The Morgan fingerprint density at radius 1 is 1.11 bits per heavy atom. The van der Waals surface area contributed by atoms with Crippen molar-refractivity contribution in [2.75, 3.05) is 29.9 Å². The van der Waals surface area contributed by atoms with Gasteiger partial charge in [-0.3, -0.25) is 14.4 Å². The van der Waals surface area contributed by atoms with E-state index in [2.05, 4.69) is 5.32 Å². The number of carbonyl (C=O) groups is 3. The lowest BCUT2D eigenvalue weighted by Crippen LogP contribution is -2.46. The molecule has 27 heavy (non-hydrogen) atoms. The zero-order valence-electron chi connectivity index (χ0n) is 14.8. The van der Waals surface area contributed by atoms with Crippen molar-refractivity contribution in [2.45, 2.75) is 32.4 Å². The number of amides is 3. The van der Waals surface area contributed by atoms with Gasteiger partial charge in [0.25, 0.3) is 0 Å². The third kappa shape index (κ3) is 4.06. The molecule has 2 heterocycles. The SMILES string of the molecule is CC(=O)N1CCc2ccc(NC(=O)C3CCN(C(=O)C(F)(F)F)CC3)cc21. The van der Waals surface area contributed by atoms with E-state index in [4.69, 9.17) is 0 Å². The quantitative estimate of drug-likeness (QED) is 0.852. The Labute approximate surface area is 154 Å². The maximum absolute atomic E-state index is 12.5. The Balaban J connectivity index is 1.60. The number of anilines is 2. The first-order valence-corrected chi connectivity index (χ1v) is 8.75. The van der Waals surface area contributed by atoms with Crippen LogP contribution in [-0.2, 0) is 20.8 Å². The smallest absolute Gasteiger partial charge is 0.335 e. The number of fused-ring (bicyclic) bond motifs is 1. The number of benzene rings is 1. The highest BCUT2D eigenvalue weighted by Gasteiger charge is 2.43. The molecule has 1 saturated heterocycles. The van der Waals surface area contributed by atoms with Crippen molar-refractivity contribution in [1.82, 2.24) is 4.90 Å². The molecule has 0 aromatic heterocycles. The van der Waals surface area contributed by atoms with Gasteiger partial charge in [0.05, 0.1) is 0 Å². The van der Waals surface area contributed by atoms with E-state index in [1.165, 1.54) is 6.92 Å². The lowest BCUT2D eigenvalue weighted by molar-refractivity contribution is -0.186. The highest BCUT2D eigenvalue weighted by Crippen LogP contribution is 2.31. The van der Waals surface area contributed by atoms with Gasteiger partial charge in [0.15, 0.2) is 0 Å². The number of halogens is 3. The summed E-state index contributed by atoms with van der Waals surface area (Å²) in [6.07, 6.45) is -3.77. The second kappa shape index (κ2) is 7.21. The largest absolute Gasteiger partial charge is 0.471 e. The van der Waals surface area contributed by atoms with Crippen LogP contribution in [-0.4, -0.2) is 48.4 Å². The molecule has 3 rings (SSSR count). The number of alkyl halides is 3. The number of hydrogen-bond donors (Lipinski definition) is 1. The number of hydrogen-bond acceptors (Lipinski definition) is 3. The third-order valence-electron chi connectivity index (χ3n) is 5.02. The summed E-state index contributed by atoms with van der Waals surface area (Å²) in [5, 5.41) is 2.77. The van der Waals surface area contributed by atoms with Crippen LogP contribution in [0.3, 0.4) is 0 Å². The Morgan fingerprint density at radius 3 is 2.37 bits per heavy atom. The minimum absolute atomic E-state index is 0.0704. The zero-order chi connectivity index (χ0) is 19.8. The molecular weight excluding hydrogens is 363 g/mol. The fourth-order valence-electron chi connectivity index (χ4n) is 3.55. The maximum atomic E-state index is 12.5. The first-order chi connectivity index (χ1) is 12.7. The highest BCUT2D eigenvalue weighted by atomic mass is 19.4. The highest BCUT2D eigenvalue weighted by molar-refractivity contribution is 5.97. The molecule has 1 N–H and O–H groups in total. The van der Waals surface area contributed by atoms with E-state index in [0.717, 1.165) is 22.6 Å². The first kappa shape index (κ1) is 19.2. The molecule has 0 saturated carbocycles. The second-order valence-electron chi connectivity index (χ2n) is 6.82. The van der Waals surface area contributed by atoms with Crippen LogP contribution in [0, 0.1) is 5.92 Å². The zero-order valence-corrected chi connectivity index (χ0v) is 14.8. The van der Waals surface area contributed by atoms with Crippen molar-refractivity contribution >= 4 is 29.1 Å². The van der Waals surface area contributed by atoms with Gasteiger partial charge in [0, 0.05) is 43.9 Å². The van der Waals surface area contributed by atoms with Gasteiger partial charge in [-0.1, -0.05) is 6.07 Å². The van der Waals surface area contributed by atoms with Crippen LogP contribution in [0.2, 0.25) is 0 Å². The Bertz CT molecular complexity index is 771. The van der Waals surface area contributed by atoms with Crippen LogP contribution in [0.1, 0.15) is 25.3 Å². The predicted octanol–water partition coefficient (Wildman–Crippen LogP) is 2.33. The molecule has 146 valence electrons. The van der Waals surface area contributed by atoms with Crippen LogP contribution in [0.15, 0.2) is 18.2 Å². The number of piperidine rings is 1. The lowest BCUT2D eigenvalue weighted by atomic mass is 9.95. The van der Waals surface area contributed by atoms with E-state index in [0.29, 0.717) is 12.2 Å². The fourth-order valence-corrected chi connectivity index (χ4v) is 3.55. The van der Waals surface area contributed by atoms with Gasteiger partial charge in [0.1, 0.15) is 0 Å². The topological polar surface area (TPSA) is 69.7 Å². The van der Waals surface area contributed by atoms with Gasteiger partial charge < -0.3 is 15.1 Å². The van der Waals surface area contributed by atoms with Gasteiger partial charge in [0.2, 0.25) is 11.8 Å². The average Bonchev–Trinajstić information content (AvgIpc) is 3.04. The first-order valence-electron chi connectivity index (χ1n) is 8.75. The number of rotatable bonds is 2. The normalized spacial score (nSPS) is 17.6. The summed E-state index contributed by atoms with van der Waals surface area (Å²) < 4.78 is 37.4. The van der Waals surface area contributed by atoms with E-state index in [1.54, 1.807) is 17.0 Å². The fraction of sp³-hybridized carbons (Fsp3) is 0.500. The molecule has 1 aromatic rings. The molecule has 0 bridgehead atoms. The number of nitrogens with one attached hydrogen (secondary N) is 1. The molecule has 2 aliphatic rings. The minimum Gasteiger partial charge on any atom is -0.335 e. The average molecular weight is 383 g/mol. The summed E-state index contributed by atoms with van der Waals surface area (Å²) >= 11 is 0. The van der Waals surface area contributed by atoms with Gasteiger partial charge in [-0.2, -0.15) is 13.2 Å². The molecule has 2 aliphatic heterocycles. The molecule has 6 nitrogen and oxygen atoms in total.